The van der Waals surface area contributed by atoms with Gasteiger partial charge >= 0.3 is 5.97 Å². The van der Waals surface area contributed by atoms with E-state index in [1.165, 1.54) is 18.4 Å². The summed E-state index contributed by atoms with van der Waals surface area (Å²) >= 11 is 4.96. The van der Waals surface area contributed by atoms with Crippen LogP contribution in [0.25, 0.3) is 10.6 Å². The molecule has 1 aliphatic rings. The van der Waals surface area contributed by atoms with Crippen molar-refractivity contribution < 1.29 is 14.3 Å². The van der Waals surface area contributed by atoms with E-state index < -0.39 is 6.04 Å². The molecule has 2 heterocycles. The predicted molar refractivity (Wildman–Crippen MR) is 95.7 cm³/mol. The quantitative estimate of drug-likeness (QED) is 0.728. The number of amides is 1. The summed E-state index contributed by atoms with van der Waals surface area (Å²) in [6, 6.07) is 7.45. The Morgan fingerprint density at radius 2 is 2.29 bits per heavy atom. The van der Waals surface area contributed by atoms with Gasteiger partial charge in [0, 0.05) is 22.0 Å². The molecular formula is C17H17BrN2O3S. The average Bonchev–Trinajstić information content (AvgIpc) is 3.23. The highest BCUT2D eigenvalue weighted by Gasteiger charge is 2.34. The van der Waals surface area contributed by atoms with E-state index in [9.17, 15) is 9.59 Å². The third-order valence-electron chi connectivity index (χ3n) is 4.00. The van der Waals surface area contributed by atoms with Gasteiger partial charge in [0.25, 0.3) is 0 Å². The molecule has 0 N–H and O–H groups in total. The van der Waals surface area contributed by atoms with Crippen LogP contribution in [-0.4, -0.2) is 41.5 Å². The first-order valence-corrected chi connectivity index (χ1v) is 9.33. The molecule has 2 aromatic rings. The van der Waals surface area contributed by atoms with Crippen LogP contribution in [0, 0.1) is 0 Å². The maximum atomic E-state index is 12.5. The Kier molecular flexibility index (Phi) is 5.30. The van der Waals surface area contributed by atoms with Gasteiger partial charge in [0.15, 0.2) is 0 Å². The predicted octanol–water partition coefficient (Wildman–Crippen LogP) is 3.28. The molecule has 1 aromatic heterocycles. The van der Waals surface area contributed by atoms with Gasteiger partial charge in [-0.1, -0.05) is 28.1 Å². The first-order valence-electron chi connectivity index (χ1n) is 7.66. The van der Waals surface area contributed by atoms with Crippen LogP contribution in [0.1, 0.15) is 18.5 Å². The third-order valence-corrected chi connectivity index (χ3v) is 5.44. The highest BCUT2D eigenvalue weighted by molar-refractivity contribution is 9.10. The highest BCUT2D eigenvalue weighted by atomic mass is 79.9. The Labute approximate surface area is 152 Å². The molecule has 1 saturated heterocycles. The SMILES string of the molecule is COC(=O)C1CCCN1C(=O)Cc1csc(-c2cccc(Br)c2)n1. The topological polar surface area (TPSA) is 59.5 Å². The number of esters is 1. The van der Waals surface area contributed by atoms with Crippen molar-refractivity contribution in [2.75, 3.05) is 13.7 Å². The zero-order chi connectivity index (χ0) is 17.1. The van der Waals surface area contributed by atoms with Gasteiger partial charge in [-0.15, -0.1) is 11.3 Å². The molecule has 7 heteroatoms. The first kappa shape index (κ1) is 17.1. The molecule has 0 spiro atoms. The van der Waals surface area contributed by atoms with E-state index in [-0.39, 0.29) is 18.3 Å². The number of carbonyl (C=O) groups excluding carboxylic acids is 2. The number of hydrogen-bond acceptors (Lipinski definition) is 5. The smallest absolute Gasteiger partial charge is 0.328 e. The number of benzene rings is 1. The minimum Gasteiger partial charge on any atom is -0.467 e. The van der Waals surface area contributed by atoms with E-state index >= 15 is 0 Å². The maximum absolute atomic E-state index is 12.5. The van der Waals surface area contributed by atoms with Gasteiger partial charge in [0.2, 0.25) is 5.91 Å². The second-order valence-electron chi connectivity index (χ2n) is 5.60. The molecule has 24 heavy (non-hydrogen) atoms. The molecule has 1 unspecified atom stereocenters. The van der Waals surface area contributed by atoms with Gasteiger partial charge in [-0.05, 0) is 25.0 Å². The minimum absolute atomic E-state index is 0.0750. The third kappa shape index (κ3) is 3.67. The van der Waals surface area contributed by atoms with Crippen LogP contribution < -0.4 is 0 Å². The molecule has 0 saturated carbocycles. The van der Waals surface area contributed by atoms with E-state index in [4.69, 9.17) is 4.74 Å². The second-order valence-corrected chi connectivity index (χ2v) is 7.37. The van der Waals surface area contributed by atoms with E-state index in [0.717, 1.165) is 27.2 Å². The lowest BCUT2D eigenvalue weighted by molar-refractivity contribution is -0.150. The molecule has 1 aliphatic heterocycles. The van der Waals surface area contributed by atoms with Crippen LogP contribution in [-0.2, 0) is 20.7 Å². The van der Waals surface area contributed by atoms with Crippen LogP contribution in [0.15, 0.2) is 34.1 Å². The largest absolute Gasteiger partial charge is 0.467 e. The number of methoxy groups -OCH3 is 1. The van der Waals surface area contributed by atoms with E-state index in [1.807, 2.05) is 29.6 Å². The van der Waals surface area contributed by atoms with Crippen molar-refractivity contribution in [3.8, 4) is 10.6 Å². The Balaban J connectivity index is 1.70. The molecule has 3 rings (SSSR count). The number of aromatic nitrogens is 1. The molecule has 0 bridgehead atoms. The van der Waals surface area contributed by atoms with Gasteiger partial charge < -0.3 is 9.64 Å². The Bertz CT molecular complexity index is 762. The second kappa shape index (κ2) is 7.44. The van der Waals surface area contributed by atoms with Gasteiger partial charge in [-0.3, -0.25) is 4.79 Å². The Morgan fingerprint density at radius 1 is 1.46 bits per heavy atom. The summed E-state index contributed by atoms with van der Waals surface area (Å²) in [5.74, 6) is -0.414. The lowest BCUT2D eigenvalue weighted by Crippen LogP contribution is -2.41. The fourth-order valence-corrected chi connectivity index (χ4v) is 4.06. The van der Waals surface area contributed by atoms with Crippen molar-refractivity contribution in [1.82, 2.24) is 9.88 Å². The molecule has 0 radical (unpaired) electrons. The van der Waals surface area contributed by atoms with Crippen molar-refractivity contribution in [3.63, 3.8) is 0 Å². The monoisotopic (exact) mass is 408 g/mol. The molecule has 1 amide bonds. The maximum Gasteiger partial charge on any atom is 0.328 e. The van der Waals surface area contributed by atoms with Crippen molar-refractivity contribution in [2.45, 2.75) is 25.3 Å². The van der Waals surface area contributed by atoms with E-state index in [1.54, 1.807) is 4.90 Å². The lowest BCUT2D eigenvalue weighted by atomic mass is 10.2. The van der Waals surface area contributed by atoms with Crippen LogP contribution in [0.4, 0.5) is 0 Å². The van der Waals surface area contributed by atoms with Gasteiger partial charge in [-0.2, -0.15) is 0 Å². The van der Waals surface area contributed by atoms with Crippen LogP contribution >= 0.6 is 27.3 Å². The van der Waals surface area contributed by atoms with Crippen molar-refractivity contribution >= 4 is 39.1 Å². The van der Waals surface area contributed by atoms with Crippen LogP contribution in [0.3, 0.4) is 0 Å². The van der Waals surface area contributed by atoms with Crippen molar-refractivity contribution in [3.05, 3.63) is 39.8 Å². The fraction of sp³-hybridized carbons (Fsp3) is 0.353. The summed E-state index contributed by atoms with van der Waals surface area (Å²) in [4.78, 5) is 30.5. The standard InChI is InChI=1S/C17H17BrN2O3S/c1-23-17(22)14-6-3-7-20(14)15(21)9-13-10-24-16(19-13)11-4-2-5-12(18)8-11/h2,4-5,8,10,14H,3,6-7,9H2,1H3. The number of thiazole rings is 1. The zero-order valence-electron chi connectivity index (χ0n) is 13.2. The number of halogens is 1. The Morgan fingerprint density at radius 3 is 3.04 bits per heavy atom. The van der Waals surface area contributed by atoms with E-state index in [0.29, 0.717) is 13.0 Å². The lowest BCUT2D eigenvalue weighted by Gasteiger charge is -2.22. The summed E-state index contributed by atoms with van der Waals surface area (Å²) in [7, 11) is 1.36. The summed E-state index contributed by atoms with van der Waals surface area (Å²) < 4.78 is 5.78. The zero-order valence-corrected chi connectivity index (χ0v) is 15.6. The van der Waals surface area contributed by atoms with Crippen molar-refractivity contribution in [2.24, 2.45) is 0 Å². The highest BCUT2D eigenvalue weighted by Crippen LogP contribution is 2.27. The number of likely N-dealkylation sites (tertiary alicyclic amines) is 1. The van der Waals surface area contributed by atoms with E-state index in [2.05, 4.69) is 20.9 Å². The number of hydrogen-bond donors (Lipinski definition) is 0. The van der Waals surface area contributed by atoms with Gasteiger partial charge in [-0.25, -0.2) is 9.78 Å². The summed E-state index contributed by atoms with van der Waals surface area (Å²) in [5.41, 5.74) is 1.75. The molecule has 1 atom stereocenters. The summed E-state index contributed by atoms with van der Waals surface area (Å²) in [5, 5.41) is 2.78. The summed E-state index contributed by atoms with van der Waals surface area (Å²) in [6.07, 6.45) is 1.70. The number of ether oxygens (including phenoxy) is 1. The number of carbonyl (C=O) groups is 2. The molecule has 0 aliphatic carbocycles. The summed E-state index contributed by atoms with van der Waals surface area (Å²) in [6.45, 7) is 0.598. The number of nitrogens with zero attached hydrogens (tertiary/aromatic N) is 2. The molecule has 5 nitrogen and oxygen atoms in total. The molecule has 1 aromatic carbocycles. The van der Waals surface area contributed by atoms with Crippen LogP contribution in [0.5, 0.6) is 0 Å². The van der Waals surface area contributed by atoms with Crippen molar-refractivity contribution in [1.29, 1.82) is 0 Å². The normalized spacial score (nSPS) is 17.1. The number of rotatable bonds is 4. The Hall–Kier alpha value is -1.73. The minimum atomic E-state index is -0.453. The molecule has 1 fully saturated rings. The fourth-order valence-electron chi connectivity index (χ4n) is 2.85. The van der Waals surface area contributed by atoms with Crippen LogP contribution in [0.2, 0.25) is 0 Å². The molecular weight excluding hydrogens is 392 g/mol. The van der Waals surface area contributed by atoms with Gasteiger partial charge in [0.05, 0.1) is 19.2 Å². The average molecular weight is 409 g/mol. The van der Waals surface area contributed by atoms with Gasteiger partial charge in [0.1, 0.15) is 11.0 Å². The molecule has 126 valence electrons. The first-order chi connectivity index (χ1) is 11.6.